The first-order valence-electron chi connectivity index (χ1n) is 8.92. The van der Waals surface area contributed by atoms with Crippen molar-refractivity contribution in [1.29, 1.82) is 0 Å². The molecular formula is C18H20F2N6O. The highest BCUT2D eigenvalue weighted by molar-refractivity contribution is 5.34. The topological polar surface area (TPSA) is 92.3 Å². The summed E-state index contributed by atoms with van der Waals surface area (Å²) >= 11 is 0. The molecule has 7 nitrogen and oxygen atoms in total. The first-order valence-corrected chi connectivity index (χ1v) is 8.92. The molecule has 1 fully saturated rings. The molecule has 0 aliphatic heterocycles. The molecule has 4 rings (SSSR count). The van der Waals surface area contributed by atoms with Gasteiger partial charge in [-0.05, 0) is 31.0 Å². The van der Waals surface area contributed by atoms with Crippen LogP contribution in [0.5, 0.6) is 0 Å². The van der Waals surface area contributed by atoms with Crippen molar-refractivity contribution in [3.63, 3.8) is 0 Å². The van der Waals surface area contributed by atoms with Crippen LogP contribution < -0.4 is 11.3 Å². The summed E-state index contributed by atoms with van der Waals surface area (Å²) in [6.45, 7) is 0.594. The van der Waals surface area contributed by atoms with E-state index in [4.69, 9.17) is 5.73 Å². The van der Waals surface area contributed by atoms with Gasteiger partial charge in [-0.2, -0.15) is 9.50 Å². The predicted octanol–water partition coefficient (Wildman–Crippen LogP) is 2.22. The number of nitrogens with one attached hydrogen (secondary N) is 1. The van der Waals surface area contributed by atoms with Gasteiger partial charge in [-0.25, -0.2) is 13.8 Å². The van der Waals surface area contributed by atoms with Gasteiger partial charge in [0.1, 0.15) is 11.6 Å². The van der Waals surface area contributed by atoms with E-state index in [1.165, 1.54) is 16.6 Å². The van der Waals surface area contributed by atoms with E-state index >= 15 is 0 Å². The van der Waals surface area contributed by atoms with Gasteiger partial charge in [0.25, 0.3) is 11.3 Å². The van der Waals surface area contributed by atoms with Gasteiger partial charge in [-0.1, -0.05) is 12.8 Å². The third kappa shape index (κ3) is 3.68. The van der Waals surface area contributed by atoms with Gasteiger partial charge in [0, 0.05) is 30.8 Å². The Balaban J connectivity index is 1.65. The maximum atomic E-state index is 14.1. The zero-order valence-corrected chi connectivity index (χ0v) is 14.7. The number of fused-ring (bicyclic) bond motifs is 1. The molecule has 1 aliphatic rings. The van der Waals surface area contributed by atoms with E-state index in [0.29, 0.717) is 17.8 Å². The highest BCUT2D eigenvalue weighted by atomic mass is 19.1. The van der Waals surface area contributed by atoms with E-state index in [1.54, 1.807) is 0 Å². The molecule has 0 radical (unpaired) electrons. The molecule has 0 unspecified atom stereocenters. The van der Waals surface area contributed by atoms with Crippen LogP contribution in [0.25, 0.3) is 5.78 Å². The van der Waals surface area contributed by atoms with Crippen molar-refractivity contribution in [3.8, 4) is 0 Å². The minimum absolute atomic E-state index is 0.103. The van der Waals surface area contributed by atoms with Crippen LogP contribution in [0.2, 0.25) is 0 Å². The lowest BCUT2D eigenvalue weighted by Crippen LogP contribution is -2.33. The van der Waals surface area contributed by atoms with Gasteiger partial charge in [0.2, 0.25) is 5.95 Å². The van der Waals surface area contributed by atoms with Crippen molar-refractivity contribution < 1.29 is 8.78 Å². The summed E-state index contributed by atoms with van der Waals surface area (Å²) in [5, 5.41) is 2.62. The summed E-state index contributed by atoms with van der Waals surface area (Å²) in [6, 6.07) is 5.11. The zero-order chi connectivity index (χ0) is 19.0. The Hall–Kier alpha value is -2.81. The lowest BCUT2D eigenvalue weighted by atomic mass is 10.1. The molecule has 0 atom stereocenters. The van der Waals surface area contributed by atoms with E-state index in [9.17, 15) is 13.6 Å². The quantitative estimate of drug-likeness (QED) is 0.714. The van der Waals surface area contributed by atoms with Gasteiger partial charge < -0.3 is 5.73 Å². The van der Waals surface area contributed by atoms with Crippen LogP contribution in [-0.2, 0) is 13.1 Å². The van der Waals surface area contributed by atoms with Crippen LogP contribution in [-0.4, -0.2) is 30.5 Å². The Labute approximate surface area is 153 Å². The van der Waals surface area contributed by atoms with Gasteiger partial charge in [-0.15, -0.1) is 0 Å². The van der Waals surface area contributed by atoms with Crippen molar-refractivity contribution in [1.82, 2.24) is 24.5 Å². The predicted molar refractivity (Wildman–Crippen MR) is 95.9 cm³/mol. The van der Waals surface area contributed by atoms with E-state index in [0.717, 1.165) is 37.8 Å². The van der Waals surface area contributed by atoms with Crippen LogP contribution in [0.1, 0.15) is 36.9 Å². The van der Waals surface area contributed by atoms with Crippen LogP contribution in [0.15, 0.2) is 29.1 Å². The van der Waals surface area contributed by atoms with Crippen LogP contribution in [0.4, 0.5) is 14.7 Å². The fraction of sp³-hybridized carbons (Fsp3) is 0.389. The number of rotatable bonds is 5. The Morgan fingerprint density at radius 3 is 2.74 bits per heavy atom. The van der Waals surface area contributed by atoms with Crippen molar-refractivity contribution >= 4 is 11.7 Å². The molecule has 0 saturated heterocycles. The Morgan fingerprint density at radius 2 is 1.96 bits per heavy atom. The van der Waals surface area contributed by atoms with Crippen molar-refractivity contribution in [2.45, 2.75) is 44.8 Å². The van der Waals surface area contributed by atoms with Gasteiger partial charge in [-0.3, -0.25) is 14.8 Å². The molecule has 2 heterocycles. The number of nitrogens with two attached hydrogens (primary N) is 1. The highest BCUT2D eigenvalue weighted by Crippen LogP contribution is 2.27. The van der Waals surface area contributed by atoms with Crippen LogP contribution in [0, 0.1) is 11.6 Å². The fourth-order valence-corrected chi connectivity index (χ4v) is 3.70. The SMILES string of the molecule is Nc1nc2nc(CN(Cc3cc(F)ccc3F)C3CCCC3)cc(=O)n2[nH]1. The van der Waals surface area contributed by atoms with Crippen LogP contribution >= 0.6 is 0 Å². The van der Waals surface area contributed by atoms with E-state index in [1.807, 2.05) is 0 Å². The number of anilines is 1. The summed E-state index contributed by atoms with van der Waals surface area (Å²) in [7, 11) is 0. The van der Waals surface area contributed by atoms with E-state index < -0.39 is 11.6 Å². The van der Waals surface area contributed by atoms with Gasteiger partial charge in [0.05, 0.1) is 5.69 Å². The smallest absolute Gasteiger partial charge is 0.274 e. The number of benzene rings is 1. The van der Waals surface area contributed by atoms with Gasteiger partial charge >= 0.3 is 0 Å². The minimum atomic E-state index is -0.470. The summed E-state index contributed by atoms with van der Waals surface area (Å²) in [5.74, 6) is -0.616. The molecule has 2 aromatic heterocycles. The number of H-pyrrole nitrogens is 1. The largest absolute Gasteiger partial charge is 0.368 e. The average Bonchev–Trinajstić information content (AvgIpc) is 3.27. The first kappa shape index (κ1) is 17.6. The molecule has 3 aromatic rings. The summed E-state index contributed by atoms with van der Waals surface area (Å²) in [4.78, 5) is 22.7. The second-order valence-electron chi connectivity index (χ2n) is 6.91. The third-order valence-corrected chi connectivity index (χ3v) is 4.99. The number of aromatic nitrogens is 4. The van der Waals surface area contributed by atoms with Crippen molar-refractivity contribution in [2.24, 2.45) is 0 Å². The number of aromatic amines is 1. The minimum Gasteiger partial charge on any atom is -0.368 e. The molecular weight excluding hydrogens is 354 g/mol. The molecule has 1 saturated carbocycles. The standard InChI is InChI=1S/C18H20F2N6O/c19-12-5-6-15(20)11(7-12)9-25(14-3-1-2-4-14)10-13-8-16(27)26-18(22-13)23-17(21)24-26/h5-8,14H,1-4,9-10H2,(H3,21,22,23,24). The summed E-state index contributed by atoms with van der Waals surface area (Å²) in [5.41, 5.74) is 6.09. The fourth-order valence-electron chi connectivity index (χ4n) is 3.70. The maximum Gasteiger partial charge on any atom is 0.274 e. The van der Waals surface area contributed by atoms with Crippen LogP contribution in [0.3, 0.4) is 0 Å². The second-order valence-corrected chi connectivity index (χ2v) is 6.91. The number of hydrogen-bond acceptors (Lipinski definition) is 5. The molecule has 0 amide bonds. The Bertz CT molecular complexity index is 1020. The first-order chi connectivity index (χ1) is 13.0. The zero-order valence-electron chi connectivity index (χ0n) is 14.7. The Morgan fingerprint density at radius 1 is 1.19 bits per heavy atom. The van der Waals surface area contributed by atoms with Crippen molar-refractivity contribution in [3.05, 3.63) is 57.5 Å². The molecule has 9 heteroatoms. The number of hydrogen-bond donors (Lipinski definition) is 2. The maximum absolute atomic E-state index is 14.1. The molecule has 3 N–H and O–H groups in total. The average molecular weight is 374 g/mol. The molecule has 1 aromatic carbocycles. The molecule has 0 bridgehead atoms. The molecule has 0 spiro atoms. The molecule has 1 aliphatic carbocycles. The van der Waals surface area contributed by atoms with E-state index in [-0.39, 0.29) is 29.9 Å². The lowest BCUT2D eigenvalue weighted by molar-refractivity contribution is 0.176. The highest BCUT2D eigenvalue weighted by Gasteiger charge is 2.24. The van der Waals surface area contributed by atoms with Gasteiger partial charge in [0.15, 0.2) is 0 Å². The Kier molecular flexibility index (Phi) is 4.61. The number of nitrogen functional groups attached to an aromatic ring is 1. The second kappa shape index (κ2) is 7.07. The third-order valence-electron chi connectivity index (χ3n) is 4.99. The summed E-state index contributed by atoms with van der Waals surface area (Å²) in [6.07, 6.45) is 4.15. The van der Waals surface area contributed by atoms with E-state index in [2.05, 4.69) is 20.0 Å². The molecule has 142 valence electrons. The summed E-state index contributed by atoms with van der Waals surface area (Å²) < 4.78 is 28.9. The molecule has 27 heavy (non-hydrogen) atoms. The number of halogens is 2. The van der Waals surface area contributed by atoms with Crippen molar-refractivity contribution in [2.75, 3.05) is 5.73 Å². The number of nitrogens with zero attached hydrogens (tertiary/aromatic N) is 4. The lowest BCUT2D eigenvalue weighted by Gasteiger charge is -2.28. The normalized spacial score (nSPS) is 15.2. The monoisotopic (exact) mass is 374 g/mol.